The van der Waals surface area contributed by atoms with Crippen molar-refractivity contribution in [3.63, 3.8) is 0 Å². The van der Waals surface area contributed by atoms with Gasteiger partial charge in [0.1, 0.15) is 5.75 Å². The fourth-order valence-corrected chi connectivity index (χ4v) is 3.98. The number of nitrogens with zero attached hydrogens (tertiary/aromatic N) is 4. The number of fused-ring (bicyclic) bond motifs is 1. The van der Waals surface area contributed by atoms with Crippen molar-refractivity contribution in [3.05, 3.63) is 42.9 Å². The topological polar surface area (TPSA) is 92.3 Å². The maximum absolute atomic E-state index is 12.0. The van der Waals surface area contributed by atoms with Crippen molar-refractivity contribution in [1.82, 2.24) is 25.2 Å². The lowest BCUT2D eigenvalue weighted by molar-refractivity contribution is 0.205. The van der Waals surface area contributed by atoms with E-state index in [0.717, 1.165) is 35.4 Å². The summed E-state index contributed by atoms with van der Waals surface area (Å²) in [7, 11) is 0. The SMILES string of the molecule is CC(C)NC(=O)Nc1cnc2ccc(-c3cncc(OCCCN4CCCCC4)c3)cc2n1. The Kier molecular flexibility index (Phi) is 7.67. The van der Waals surface area contributed by atoms with Gasteiger partial charge in [-0.25, -0.2) is 9.78 Å². The van der Waals surface area contributed by atoms with Crippen LogP contribution in [0.2, 0.25) is 0 Å². The van der Waals surface area contributed by atoms with Crippen LogP contribution in [-0.2, 0) is 0 Å². The van der Waals surface area contributed by atoms with Crippen LogP contribution in [0, 0.1) is 0 Å². The van der Waals surface area contributed by atoms with Crippen LogP contribution in [0.5, 0.6) is 5.75 Å². The smallest absolute Gasteiger partial charge is 0.320 e. The number of likely N-dealkylation sites (tertiary alicyclic amines) is 1. The first-order chi connectivity index (χ1) is 16.1. The van der Waals surface area contributed by atoms with Crippen molar-refractivity contribution < 1.29 is 9.53 Å². The van der Waals surface area contributed by atoms with Crippen LogP contribution in [-0.4, -0.2) is 58.2 Å². The lowest BCUT2D eigenvalue weighted by Crippen LogP contribution is -2.34. The van der Waals surface area contributed by atoms with Gasteiger partial charge in [-0.1, -0.05) is 12.5 Å². The lowest BCUT2D eigenvalue weighted by Gasteiger charge is -2.26. The first kappa shape index (κ1) is 22.9. The predicted molar refractivity (Wildman–Crippen MR) is 130 cm³/mol. The molecule has 2 amide bonds. The molecule has 0 unspecified atom stereocenters. The molecule has 8 nitrogen and oxygen atoms in total. The molecule has 1 aliphatic rings. The number of amides is 2. The largest absolute Gasteiger partial charge is 0.492 e. The van der Waals surface area contributed by atoms with Gasteiger partial charge in [-0.3, -0.25) is 15.3 Å². The normalized spacial score (nSPS) is 14.4. The Morgan fingerprint density at radius 2 is 1.91 bits per heavy atom. The summed E-state index contributed by atoms with van der Waals surface area (Å²) in [5, 5.41) is 5.51. The van der Waals surface area contributed by atoms with Crippen LogP contribution >= 0.6 is 0 Å². The molecule has 3 heterocycles. The monoisotopic (exact) mass is 448 g/mol. The Balaban J connectivity index is 1.40. The summed E-state index contributed by atoms with van der Waals surface area (Å²) in [5.74, 6) is 1.17. The van der Waals surface area contributed by atoms with Crippen LogP contribution in [0.3, 0.4) is 0 Å². The van der Waals surface area contributed by atoms with Crippen molar-refractivity contribution in [2.24, 2.45) is 0 Å². The summed E-state index contributed by atoms with van der Waals surface area (Å²) >= 11 is 0. The van der Waals surface area contributed by atoms with E-state index in [2.05, 4.69) is 30.5 Å². The Hall–Kier alpha value is -3.26. The summed E-state index contributed by atoms with van der Waals surface area (Å²) in [6, 6.07) is 7.60. The van der Waals surface area contributed by atoms with Gasteiger partial charge in [-0.05, 0) is 70.0 Å². The van der Waals surface area contributed by atoms with Gasteiger partial charge in [0, 0.05) is 24.3 Å². The van der Waals surface area contributed by atoms with Gasteiger partial charge >= 0.3 is 6.03 Å². The molecule has 0 radical (unpaired) electrons. The molecule has 0 aliphatic carbocycles. The Morgan fingerprint density at radius 1 is 1.06 bits per heavy atom. The van der Waals surface area contributed by atoms with Gasteiger partial charge in [0.15, 0.2) is 5.82 Å². The number of hydrogen-bond donors (Lipinski definition) is 2. The van der Waals surface area contributed by atoms with E-state index in [4.69, 9.17) is 4.74 Å². The van der Waals surface area contributed by atoms with E-state index >= 15 is 0 Å². The second-order valence-electron chi connectivity index (χ2n) is 8.73. The molecule has 2 aromatic heterocycles. The van der Waals surface area contributed by atoms with Gasteiger partial charge < -0.3 is 15.0 Å². The second kappa shape index (κ2) is 11.0. The third-order valence-electron chi connectivity index (χ3n) is 5.59. The van der Waals surface area contributed by atoms with Crippen LogP contribution in [0.15, 0.2) is 42.9 Å². The quantitative estimate of drug-likeness (QED) is 0.494. The van der Waals surface area contributed by atoms with Gasteiger partial charge in [-0.15, -0.1) is 0 Å². The maximum Gasteiger partial charge on any atom is 0.320 e. The Bertz CT molecular complexity index is 1080. The molecular weight excluding hydrogens is 416 g/mol. The number of ether oxygens (including phenoxy) is 1. The average Bonchev–Trinajstić information content (AvgIpc) is 2.82. The van der Waals surface area contributed by atoms with E-state index in [1.54, 1.807) is 12.4 Å². The highest BCUT2D eigenvalue weighted by Gasteiger charge is 2.10. The van der Waals surface area contributed by atoms with Crippen molar-refractivity contribution in [2.45, 2.75) is 45.6 Å². The van der Waals surface area contributed by atoms with Crippen molar-refractivity contribution in [1.29, 1.82) is 0 Å². The number of rotatable bonds is 8. The zero-order valence-corrected chi connectivity index (χ0v) is 19.4. The fraction of sp³-hybridized carbons (Fsp3) is 0.440. The van der Waals surface area contributed by atoms with Gasteiger partial charge in [-0.2, -0.15) is 0 Å². The minimum atomic E-state index is -0.302. The molecule has 2 N–H and O–H groups in total. The Morgan fingerprint density at radius 3 is 2.73 bits per heavy atom. The van der Waals surface area contributed by atoms with Crippen molar-refractivity contribution >= 4 is 22.9 Å². The molecule has 8 heteroatoms. The number of aromatic nitrogens is 3. The van der Waals surface area contributed by atoms with E-state index in [1.165, 1.54) is 32.4 Å². The molecule has 0 bridgehead atoms. The zero-order valence-electron chi connectivity index (χ0n) is 19.4. The number of urea groups is 1. The molecule has 3 aromatic rings. The minimum absolute atomic E-state index is 0.0387. The third-order valence-corrected chi connectivity index (χ3v) is 5.59. The van der Waals surface area contributed by atoms with Gasteiger partial charge in [0.25, 0.3) is 0 Å². The van der Waals surface area contributed by atoms with Crippen LogP contribution < -0.4 is 15.4 Å². The number of hydrogen-bond acceptors (Lipinski definition) is 6. The molecule has 0 spiro atoms. The average molecular weight is 449 g/mol. The minimum Gasteiger partial charge on any atom is -0.492 e. The summed E-state index contributed by atoms with van der Waals surface area (Å²) < 4.78 is 5.97. The molecule has 0 atom stereocenters. The molecule has 0 saturated carbocycles. The van der Waals surface area contributed by atoms with Crippen molar-refractivity contribution in [2.75, 3.05) is 31.6 Å². The summed E-state index contributed by atoms with van der Waals surface area (Å²) in [6.45, 7) is 7.99. The van der Waals surface area contributed by atoms with Gasteiger partial charge in [0.2, 0.25) is 0 Å². The molecule has 1 aliphatic heterocycles. The number of carbonyl (C=O) groups excluding carboxylic acids is 1. The highest BCUT2D eigenvalue weighted by atomic mass is 16.5. The number of anilines is 1. The van der Waals surface area contributed by atoms with Crippen LogP contribution in [0.4, 0.5) is 10.6 Å². The summed E-state index contributed by atoms with van der Waals surface area (Å²) in [6.07, 6.45) is 10.1. The maximum atomic E-state index is 12.0. The van der Waals surface area contributed by atoms with E-state index < -0.39 is 0 Å². The second-order valence-corrected chi connectivity index (χ2v) is 8.73. The number of benzene rings is 1. The van der Waals surface area contributed by atoms with E-state index in [1.807, 2.05) is 44.3 Å². The first-order valence-electron chi connectivity index (χ1n) is 11.7. The lowest BCUT2D eigenvalue weighted by atomic mass is 10.1. The zero-order chi connectivity index (χ0) is 23.0. The highest BCUT2D eigenvalue weighted by molar-refractivity contribution is 5.90. The molecular formula is C25H32N6O2. The number of pyridine rings is 1. The standard InChI is InChI=1S/C25H32N6O2/c1-18(2)28-25(32)30-24-17-27-22-8-7-19(14-23(22)29-24)20-13-21(16-26-15-20)33-12-6-11-31-9-4-3-5-10-31/h7-8,13-18H,3-6,9-12H2,1-2H3,(H2,28,29,30,32). The highest BCUT2D eigenvalue weighted by Crippen LogP contribution is 2.26. The summed E-state index contributed by atoms with van der Waals surface area (Å²) in [5.41, 5.74) is 3.37. The van der Waals surface area contributed by atoms with E-state index in [0.29, 0.717) is 17.9 Å². The summed E-state index contributed by atoms with van der Waals surface area (Å²) in [4.78, 5) is 27.8. The number of nitrogens with one attached hydrogen (secondary N) is 2. The van der Waals surface area contributed by atoms with Crippen molar-refractivity contribution in [3.8, 4) is 16.9 Å². The van der Waals surface area contributed by atoms with Gasteiger partial charge in [0.05, 0.1) is 30.0 Å². The van der Waals surface area contributed by atoms with E-state index in [9.17, 15) is 4.79 Å². The molecule has 1 fully saturated rings. The molecule has 174 valence electrons. The molecule has 1 aromatic carbocycles. The number of carbonyl (C=O) groups is 1. The third kappa shape index (κ3) is 6.61. The fourth-order valence-electron chi connectivity index (χ4n) is 3.98. The van der Waals surface area contributed by atoms with E-state index in [-0.39, 0.29) is 12.1 Å². The van der Waals surface area contributed by atoms with Crippen LogP contribution in [0.1, 0.15) is 39.5 Å². The Labute approximate surface area is 194 Å². The molecule has 33 heavy (non-hydrogen) atoms. The number of piperidine rings is 1. The van der Waals surface area contributed by atoms with Crippen LogP contribution in [0.25, 0.3) is 22.2 Å². The predicted octanol–water partition coefficient (Wildman–Crippen LogP) is 4.48. The first-order valence-corrected chi connectivity index (χ1v) is 11.7. The molecule has 4 rings (SSSR count). The molecule has 1 saturated heterocycles.